The first-order valence-electron chi connectivity index (χ1n) is 6.18. The maximum absolute atomic E-state index is 11.9. The average Bonchev–Trinajstić information content (AvgIpc) is 3.04. The van der Waals surface area contributed by atoms with Crippen LogP contribution in [0, 0.1) is 0 Å². The van der Waals surface area contributed by atoms with Crippen molar-refractivity contribution in [2.45, 2.75) is 6.42 Å². The topological polar surface area (TPSA) is 57.8 Å². The summed E-state index contributed by atoms with van der Waals surface area (Å²) in [5.41, 5.74) is 2.66. The number of fused-ring (bicyclic) bond motifs is 1. The van der Waals surface area contributed by atoms with Crippen LogP contribution >= 0.6 is 27.3 Å². The highest BCUT2D eigenvalue weighted by Crippen LogP contribution is 2.20. The van der Waals surface area contributed by atoms with Crippen LogP contribution in [0.25, 0.3) is 11.0 Å². The zero-order valence-corrected chi connectivity index (χ0v) is 12.9. The summed E-state index contributed by atoms with van der Waals surface area (Å²) in [6, 6.07) is 9.72. The molecule has 0 saturated carbocycles. The zero-order valence-electron chi connectivity index (χ0n) is 10.5. The molecular formula is C14H12BrN3OS. The van der Waals surface area contributed by atoms with Gasteiger partial charge in [-0.05, 0) is 34.1 Å². The van der Waals surface area contributed by atoms with Gasteiger partial charge in [-0.3, -0.25) is 4.79 Å². The van der Waals surface area contributed by atoms with Gasteiger partial charge in [0.1, 0.15) is 5.82 Å². The average molecular weight is 350 g/mol. The van der Waals surface area contributed by atoms with Crippen LogP contribution in [0.5, 0.6) is 0 Å². The van der Waals surface area contributed by atoms with E-state index in [1.54, 1.807) is 0 Å². The second-order valence-corrected chi connectivity index (χ2v) is 6.64. The third-order valence-electron chi connectivity index (χ3n) is 2.92. The molecule has 6 heteroatoms. The van der Waals surface area contributed by atoms with E-state index >= 15 is 0 Å². The van der Waals surface area contributed by atoms with Crippen molar-refractivity contribution >= 4 is 44.2 Å². The number of hydrogen-bond donors (Lipinski definition) is 2. The van der Waals surface area contributed by atoms with Crippen molar-refractivity contribution in [1.82, 2.24) is 15.3 Å². The summed E-state index contributed by atoms with van der Waals surface area (Å²) in [4.78, 5) is 19.6. The first-order valence-corrected chi connectivity index (χ1v) is 7.85. The van der Waals surface area contributed by atoms with Gasteiger partial charge in [0.2, 0.25) is 0 Å². The number of hydrogen-bond acceptors (Lipinski definition) is 3. The summed E-state index contributed by atoms with van der Waals surface area (Å²) >= 11 is 4.85. The Kier molecular flexibility index (Phi) is 3.84. The Morgan fingerprint density at radius 1 is 1.40 bits per heavy atom. The van der Waals surface area contributed by atoms with Crippen molar-refractivity contribution in [3.8, 4) is 0 Å². The lowest BCUT2D eigenvalue weighted by Crippen LogP contribution is -2.25. The molecule has 102 valence electrons. The molecule has 3 aromatic rings. The number of H-pyrrole nitrogens is 1. The van der Waals surface area contributed by atoms with Gasteiger partial charge >= 0.3 is 0 Å². The van der Waals surface area contributed by atoms with Gasteiger partial charge in [-0.15, -0.1) is 11.3 Å². The molecule has 0 bridgehead atoms. The van der Waals surface area contributed by atoms with Crippen LogP contribution in [0.1, 0.15) is 16.2 Å². The number of para-hydroxylation sites is 2. The van der Waals surface area contributed by atoms with Crippen molar-refractivity contribution in [2.75, 3.05) is 6.54 Å². The second-order valence-electron chi connectivity index (χ2n) is 4.35. The quantitative estimate of drug-likeness (QED) is 0.758. The van der Waals surface area contributed by atoms with Gasteiger partial charge < -0.3 is 10.3 Å². The molecule has 2 aromatic heterocycles. The van der Waals surface area contributed by atoms with E-state index in [0.717, 1.165) is 20.6 Å². The summed E-state index contributed by atoms with van der Waals surface area (Å²) in [5.74, 6) is 0.834. The molecule has 0 aliphatic heterocycles. The maximum atomic E-state index is 11.9. The van der Waals surface area contributed by atoms with Gasteiger partial charge in [-0.1, -0.05) is 12.1 Å². The van der Waals surface area contributed by atoms with Crippen molar-refractivity contribution < 1.29 is 4.79 Å². The third kappa shape index (κ3) is 2.91. The van der Waals surface area contributed by atoms with E-state index in [9.17, 15) is 4.79 Å². The molecule has 0 fully saturated rings. The van der Waals surface area contributed by atoms with Crippen molar-refractivity contribution in [2.24, 2.45) is 0 Å². The second kappa shape index (κ2) is 5.76. The molecule has 20 heavy (non-hydrogen) atoms. The van der Waals surface area contributed by atoms with E-state index in [-0.39, 0.29) is 5.91 Å². The van der Waals surface area contributed by atoms with Crippen LogP contribution in [0.2, 0.25) is 0 Å². The Labute approximate surface area is 128 Å². The van der Waals surface area contributed by atoms with E-state index in [4.69, 9.17) is 0 Å². The number of imidazole rings is 1. The van der Waals surface area contributed by atoms with Crippen LogP contribution in [0.3, 0.4) is 0 Å². The molecule has 2 heterocycles. The molecule has 0 aliphatic rings. The Hall–Kier alpha value is -1.66. The number of aromatic nitrogens is 2. The molecule has 2 N–H and O–H groups in total. The molecule has 3 rings (SSSR count). The van der Waals surface area contributed by atoms with Crippen molar-refractivity contribution in [3.63, 3.8) is 0 Å². The third-order valence-corrected chi connectivity index (χ3v) is 4.42. The van der Waals surface area contributed by atoms with Crippen LogP contribution in [-0.2, 0) is 6.42 Å². The number of nitrogens with zero attached hydrogens (tertiary/aromatic N) is 1. The lowest BCUT2D eigenvalue weighted by molar-refractivity contribution is 0.0954. The summed E-state index contributed by atoms with van der Waals surface area (Å²) < 4.78 is 0.958. The number of rotatable bonds is 4. The zero-order chi connectivity index (χ0) is 13.9. The fourth-order valence-electron chi connectivity index (χ4n) is 1.95. The highest BCUT2D eigenvalue weighted by Gasteiger charge is 2.08. The summed E-state index contributed by atoms with van der Waals surface area (Å²) in [7, 11) is 0. The molecule has 0 radical (unpaired) electrons. The molecule has 4 nitrogen and oxygen atoms in total. The molecular weight excluding hydrogens is 338 g/mol. The van der Waals surface area contributed by atoms with E-state index < -0.39 is 0 Å². The minimum atomic E-state index is -0.0527. The maximum Gasteiger partial charge on any atom is 0.252 e. The molecule has 0 spiro atoms. The van der Waals surface area contributed by atoms with Crippen LogP contribution in [-0.4, -0.2) is 22.4 Å². The number of aromatic amines is 1. The largest absolute Gasteiger partial charge is 0.352 e. The summed E-state index contributed by atoms with van der Waals surface area (Å²) in [6.45, 7) is 0.562. The van der Waals surface area contributed by atoms with Crippen LogP contribution in [0.4, 0.5) is 0 Å². The number of carbonyl (C=O) groups is 1. The van der Waals surface area contributed by atoms with Crippen molar-refractivity contribution in [3.05, 3.63) is 50.9 Å². The minimum Gasteiger partial charge on any atom is -0.352 e. The molecule has 0 atom stereocenters. The number of nitrogens with one attached hydrogen (secondary N) is 2. The Bertz CT molecular complexity index is 717. The smallest absolute Gasteiger partial charge is 0.252 e. The first kappa shape index (κ1) is 13.3. The van der Waals surface area contributed by atoms with E-state index in [1.165, 1.54) is 11.3 Å². The van der Waals surface area contributed by atoms with Crippen molar-refractivity contribution in [1.29, 1.82) is 0 Å². The van der Waals surface area contributed by atoms with E-state index in [1.807, 2.05) is 35.7 Å². The Balaban J connectivity index is 1.58. The predicted octanol–water partition coefficient (Wildman–Crippen LogP) is 3.36. The van der Waals surface area contributed by atoms with Gasteiger partial charge in [0.25, 0.3) is 5.91 Å². The fraction of sp³-hybridized carbons (Fsp3) is 0.143. The number of carbonyl (C=O) groups excluding carboxylic acids is 1. The SMILES string of the molecule is O=C(NCCc1nc2ccccc2[nH]1)c1csc(Br)c1. The number of halogens is 1. The summed E-state index contributed by atoms with van der Waals surface area (Å²) in [5, 5.41) is 4.73. The molecule has 1 aromatic carbocycles. The first-order chi connectivity index (χ1) is 9.72. The van der Waals surface area contributed by atoms with Gasteiger partial charge in [-0.2, -0.15) is 0 Å². The normalized spacial score (nSPS) is 10.8. The molecule has 0 unspecified atom stereocenters. The van der Waals surface area contributed by atoms with Gasteiger partial charge in [0.15, 0.2) is 0 Å². The lowest BCUT2D eigenvalue weighted by Gasteiger charge is -2.01. The fourth-order valence-corrected chi connectivity index (χ4v) is 3.09. The van der Waals surface area contributed by atoms with Gasteiger partial charge in [-0.25, -0.2) is 4.98 Å². The number of benzene rings is 1. The predicted molar refractivity (Wildman–Crippen MR) is 84.1 cm³/mol. The van der Waals surface area contributed by atoms with Crippen LogP contribution in [0.15, 0.2) is 39.5 Å². The number of amides is 1. The standard InChI is InChI=1S/C14H12BrN3OS/c15-12-7-9(8-20-12)14(19)16-6-5-13-17-10-3-1-2-4-11(10)18-13/h1-4,7-8H,5-6H2,(H,16,19)(H,17,18). The molecule has 0 saturated heterocycles. The molecule has 1 amide bonds. The summed E-state index contributed by atoms with van der Waals surface area (Å²) in [6.07, 6.45) is 0.686. The van der Waals surface area contributed by atoms with E-state index in [0.29, 0.717) is 18.5 Å². The lowest BCUT2D eigenvalue weighted by atomic mass is 10.3. The highest BCUT2D eigenvalue weighted by molar-refractivity contribution is 9.11. The monoisotopic (exact) mass is 349 g/mol. The molecule has 0 aliphatic carbocycles. The Morgan fingerprint density at radius 2 is 2.25 bits per heavy atom. The number of thiophene rings is 1. The highest BCUT2D eigenvalue weighted by atomic mass is 79.9. The van der Waals surface area contributed by atoms with Crippen LogP contribution < -0.4 is 5.32 Å². The van der Waals surface area contributed by atoms with Gasteiger partial charge in [0, 0.05) is 18.3 Å². The van der Waals surface area contributed by atoms with Gasteiger partial charge in [0.05, 0.1) is 20.4 Å². The Morgan fingerprint density at radius 3 is 3.00 bits per heavy atom. The minimum absolute atomic E-state index is 0.0527. The van der Waals surface area contributed by atoms with E-state index in [2.05, 4.69) is 31.2 Å².